The van der Waals surface area contributed by atoms with E-state index in [4.69, 9.17) is 9.47 Å². The van der Waals surface area contributed by atoms with Gasteiger partial charge in [-0.05, 0) is 22.4 Å². The van der Waals surface area contributed by atoms with E-state index in [1.54, 1.807) is 43.8 Å². The summed E-state index contributed by atoms with van der Waals surface area (Å²) in [5, 5.41) is 7.21. The lowest BCUT2D eigenvalue weighted by Crippen LogP contribution is -2.49. The molecule has 2 heterocycles. The fourth-order valence-electron chi connectivity index (χ4n) is 2.83. The van der Waals surface area contributed by atoms with Crippen LogP contribution in [-0.2, 0) is 6.54 Å². The highest BCUT2D eigenvalue weighted by atomic mass is 32.1. The van der Waals surface area contributed by atoms with Crippen LogP contribution in [0.25, 0.3) is 0 Å². The zero-order chi connectivity index (χ0) is 17.6. The summed E-state index contributed by atoms with van der Waals surface area (Å²) in [6, 6.07) is 7.41. The van der Waals surface area contributed by atoms with E-state index in [1.165, 1.54) is 5.56 Å². The molecule has 0 bridgehead atoms. The van der Waals surface area contributed by atoms with Gasteiger partial charge < -0.3 is 19.7 Å². The van der Waals surface area contributed by atoms with E-state index in [-0.39, 0.29) is 6.03 Å². The van der Waals surface area contributed by atoms with Crippen LogP contribution in [0.5, 0.6) is 11.5 Å². The molecule has 134 valence electrons. The van der Waals surface area contributed by atoms with Gasteiger partial charge in [-0.15, -0.1) is 0 Å². The molecule has 1 aromatic carbocycles. The van der Waals surface area contributed by atoms with Crippen LogP contribution < -0.4 is 14.8 Å². The van der Waals surface area contributed by atoms with E-state index in [1.807, 2.05) is 4.90 Å². The van der Waals surface area contributed by atoms with Crippen LogP contribution in [0.4, 0.5) is 10.5 Å². The van der Waals surface area contributed by atoms with Crippen LogP contribution in [0.2, 0.25) is 0 Å². The number of ether oxygens (including phenoxy) is 2. The second-order valence-corrected chi connectivity index (χ2v) is 6.71. The number of urea groups is 1. The van der Waals surface area contributed by atoms with Gasteiger partial charge in [0.25, 0.3) is 0 Å². The molecule has 0 unspecified atom stereocenters. The minimum atomic E-state index is -0.0921. The van der Waals surface area contributed by atoms with Crippen LogP contribution in [0.15, 0.2) is 35.0 Å². The predicted octanol–water partition coefficient (Wildman–Crippen LogP) is 3.12. The van der Waals surface area contributed by atoms with Gasteiger partial charge in [0.05, 0.1) is 14.2 Å². The molecule has 0 saturated carbocycles. The lowest BCUT2D eigenvalue weighted by atomic mass is 10.2. The fourth-order valence-corrected chi connectivity index (χ4v) is 3.49. The first-order chi connectivity index (χ1) is 12.2. The topological polar surface area (TPSA) is 54.0 Å². The second kappa shape index (κ2) is 8.22. The van der Waals surface area contributed by atoms with Crippen LogP contribution in [-0.4, -0.2) is 56.2 Å². The van der Waals surface area contributed by atoms with Crippen molar-refractivity contribution in [2.24, 2.45) is 0 Å². The first-order valence-electron chi connectivity index (χ1n) is 8.20. The Morgan fingerprint density at radius 2 is 1.80 bits per heavy atom. The number of piperazine rings is 1. The SMILES string of the molecule is COc1cc(NC(=O)N2CCN(Cc3ccsc3)CC2)cc(OC)c1. The third-order valence-electron chi connectivity index (χ3n) is 4.25. The Morgan fingerprint density at radius 1 is 1.12 bits per heavy atom. The van der Waals surface area contributed by atoms with Gasteiger partial charge in [0.2, 0.25) is 0 Å². The monoisotopic (exact) mass is 361 g/mol. The molecule has 2 aromatic rings. The van der Waals surface area contributed by atoms with Crippen molar-refractivity contribution in [1.82, 2.24) is 9.80 Å². The summed E-state index contributed by atoms with van der Waals surface area (Å²) in [5.41, 5.74) is 2.01. The molecule has 2 amide bonds. The van der Waals surface area contributed by atoms with Crippen molar-refractivity contribution in [2.45, 2.75) is 6.54 Å². The van der Waals surface area contributed by atoms with E-state index in [2.05, 4.69) is 27.0 Å². The molecule has 0 aliphatic carbocycles. The molecular formula is C18H23N3O3S. The summed E-state index contributed by atoms with van der Waals surface area (Å²) < 4.78 is 10.5. The Bertz CT molecular complexity index is 675. The molecule has 6 nitrogen and oxygen atoms in total. The molecule has 1 saturated heterocycles. The third kappa shape index (κ3) is 4.64. The van der Waals surface area contributed by atoms with E-state index in [9.17, 15) is 4.79 Å². The zero-order valence-corrected chi connectivity index (χ0v) is 15.3. The van der Waals surface area contributed by atoms with Crippen molar-refractivity contribution in [1.29, 1.82) is 0 Å². The van der Waals surface area contributed by atoms with Crippen molar-refractivity contribution in [3.8, 4) is 11.5 Å². The van der Waals surface area contributed by atoms with Crippen molar-refractivity contribution in [2.75, 3.05) is 45.7 Å². The maximum atomic E-state index is 12.5. The Hall–Kier alpha value is -2.25. The Kier molecular flexibility index (Phi) is 5.78. The summed E-state index contributed by atoms with van der Waals surface area (Å²) in [5.74, 6) is 1.30. The van der Waals surface area contributed by atoms with E-state index in [0.29, 0.717) is 17.2 Å². The highest BCUT2D eigenvalue weighted by Gasteiger charge is 2.21. The normalized spacial score (nSPS) is 15.0. The quantitative estimate of drug-likeness (QED) is 0.889. The predicted molar refractivity (Wildman–Crippen MR) is 99.7 cm³/mol. The molecule has 1 aliphatic rings. The molecule has 1 aliphatic heterocycles. The Balaban J connectivity index is 1.54. The number of hydrogen-bond donors (Lipinski definition) is 1. The third-order valence-corrected chi connectivity index (χ3v) is 4.98. The minimum absolute atomic E-state index is 0.0921. The van der Waals surface area contributed by atoms with Gasteiger partial charge in [0.1, 0.15) is 11.5 Å². The lowest BCUT2D eigenvalue weighted by molar-refractivity contribution is 0.143. The molecule has 0 atom stereocenters. The smallest absolute Gasteiger partial charge is 0.321 e. The number of nitrogens with one attached hydrogen (secondary N) is 1. The Morgan fingerprint density at radius 3 is 2.36 bits per heavy atom. The van der Waals surface area contributed by atoms with E-state index < -0.39 is 0 Å². The first kappa shape index (κ1) is 17.6. The first-order valence-corrected chi connectivity index (χ1v) is 9.14. The van der Waals surface area contributed by atoms with Gasteiger partial charge in [0.15, 0.2) is 0 Å². The van der Waals surface area contributed by atoms with Crippen molar-refractivity contribution < 1.29 is 14.3 Å². The van der Waals surface area contributed by atoms with E-state index in [0.717, 1.165) is 32.7 Å². The Labute approximate surface area is 152 Å². The highest BCUT2D eigenvalue weighted by Crippen LogP contribution is 2.26. The second-order valence-electron chi connectivity index (χ2n) is 5.93. The van der Waals surface area contributed by atoms with Crippen molar-refractivity contribution in [3.63, 3.8) is 0 Å². The summed E-state index contributed by atoms with van der Waals surface area (Å²) in [7, 11) is 3.18. The summed E-state index contributed by atoms with van der Waals surface area (Å²) in [6.45, 7) is 4.15. The molecular weight excluding hydrogens is 338 g/mol. The fraction of sp³-hybridized carbons (Fsp3) is 0.389. The number of amides is 2. The average Bonchev–Trinajstić information content (AvgIpc) is 3.15. The van der Waals surface area contributed by atoms with Gasteiger partial charge in [-0.25, -0.2) is 4.79 Å². The average molecular weight is 361 g/mol. The molecule has 1 N–H and O–H groups in total. The molecule has 0 radical (unpaired) electrons. The van der Waals surface area contributed by atoms with Gasteiger partial charge >= 0.3 is 6.03 Å². The largest absolute Gasteiger partial charge is 0.497 e. The number of carbonyl (C=O) groups is 1. The zero-order valence-electron chi connectivity index (χ0n) is 14.5. The number of thiophene rings is 1. The minimum Gasteiger partial charge on any atom is -0.497 e. The number of benzene rings is 1. The summed E-state index contributed by atoms with van der Waals surface area (Å²) in [6.07, 6.45) is 0. The summed E-state index contributed by atoms with van der Waals surface area (Å²) >= 11 is 1.72. The maximum Gasteiger partial charge on any atom is 0.321 e. The van der Waals surface area contributed by atoms with Crippen LogP contribution in [0, 0.1) is 0 Å². The maximum absolute atomic E-state index is 12.5. The number of nitrogens with zero attached hydrogens (tertiary/aromatic N) is 2. The lowest BCUT2D eigenvalue weighted by Gasteiger charge is -2.34. The molecule has 7 heteroatoms. The van der Waals surface area contributed by atoms with Gasteiger partial charge in [-0.3, -0.25) is 4.90 Å². The molecule has 3 rings (SSSR count). The van der Waals surface area contributed by atoms with Gasteiger partial charge in [-0.1, -0.05) is 0 Å². The highest BCUT2D eigenvalue weighted by molar-refractivity contribution is 7.07. The van der Waals surface area contributed by atoms with Crippen molar-refractivity contribution >= 4 is 23.1 Å². The number of hydrogen-bond acceptors (Lipinski definition) is 5. The van der Waals surface area contributed by atoms with E-state index >= 15 is 0 Å². The van der Waals surface area contributed by atoms with Crippen molar-refractivity contribution in [3.05, 3.63) is 40.6 Å². The molecule has 1 aromatic heterocycles. The number of anilines is 1. The molecule has 25 heavy (non-hydrogen) atoms. The van der Waals surface area contributed by atoms with Crippen LogP contribution >= 0.6 is 11.3 Å². The van der Waals surface area contributed by atoms with Gasteiger partial charge in [-0.2, -0.15) is 11.3 Å². The van der Waals surface area contributed by atoms with Crippen LogP contribution in [0.3, 0.4) is 0 Å². The molecule has 0 spiro atoms. The van der Waals surface area contributed by atoms with Crippen LogP contribution in [0.1, 0.15) is 5.56 Å². The standard InChI is InChI=1S/C18H23N3O3S/c1-23-16-9-15(10-17(11-16)24-2)19-18(22)21-6-4-20(5-7-21)12-14-3-8-25-13-14/h3,8-11,13H,4-7,12H2,1-2H3,(H,19,22). The number of carbonyl (C=O) groups excluding carboxylic acids is 1. The number of methoxy groups -OCH3 is 2. The summed E-state index contributed by atoms with van der Waals surface area (Å²) in [4.78, 5) is 16.7. The van der Waals surface area contributed by atoms with Gasteiger partial charge in [0, 0.05) is 56.6 Å². The molecule has 1 fully saturated rings. The number of rotatable bonds is 5.